The smallest absolute Gasteiger partial charge is 0.422 e. The fraction of sp³-hybridized carbons (Fsp3) is 0.500. The zero-order valence-electron chi connectivity index (χ0n) is 13.4. The largest absolute Gasteiger partial charge is 0.482 e. The predicted octanol–water partition coefficient (Wildman–Crippen LogP) is 3.26. The van der Waals surface area contributed by atoms with E-state index in [4.69, 9.17) is 4.74 Å². The zero-order valence-corrected chi connectivity index (χ0v) is 13.4. The van der Waals surface area contributed by atoms with Gasteiger partial charge in [0.1, 0.15) is 5.75 Å². The lowest BCUT2D eigenvalue weighted by molar-refractivity contribution is -0.153. The number of hydrogen-bond acceptors (Lipinski definition) is 3. The minimum atomic E-state index is -4.44. The van der Waals surface area contributed by atoms with Gasteiger partial charge in [-0.2, -0.15) is 13.2 Å². The minimum Gasteiger partial charge on any atom is -0.482 e. The van der Waals surface area contributed by atoms with E-state index in [2.05, 4.69) is 10.6 Å². The third kappa shape index (κ3) is 9.02. The Balaban J connectivity index is 2.37. The molecule has 24 heavy (non-hydrogen) atoms. The van der Waals surface area contributed by atoms with Crippen LogP contribution in [0.25, 0.3) is 0 Å². The molecule has 0 fully saturated rings. The lowest BCUT2D eigenvalue weighted by atomic mass is 10.2. The molecule has 0 radical (unpaired) electrons. The predicted molar refractivity (Wildman–Crippen MR) is 83.8 cm³/mol. The highest BCUT2D eigenvalue weighted by Crippen LogP contribution is 2.26. The monoisotopic (exact) mass is 346 g/mol. The fourth-order valence-electron chi connectivity index (χ4n) is 1.92. The minimum absolute atomic E-state index is 0.0196. The Bertz CT molecular complexity index is 548. The fourth-order valence-corrected chi connectivity index (χ4v) is 1.92. The second-order valence-corrected chi connectivity index (χ2v) is 5.24. The van der Waals surface area contributed by atoms with E-state index < -0.39 is 12.8 Å². The first-order valence-corrected chi connectivity index (χ1v) is 7.61. The van der Waals surface area contributed by atoms with Crippen LogP contribution in [0, 0.1) is 0 Å². The average Bonchev–Trinajstić information content (AvgIpc) is 2.49. The van der Waals surface area contributed by atoms with Crippen LogP contribution in [0.1, 0.15) is 32.6 Å². The van der Waals surface area contributed by atoms with Gasteiger partial charge < -0.3 is 15.4 Å². The maximum atomic E-state index is 12.2. The molecule has 0 unspecified atom stereocenters. The van der Waals surface area contributed by atoms with Gasteiger partial charge in [0.25, 0.3) is 0 Å². The first-order valence-electron chi connectivity index (χ1n) is 7.61. The van der Waals surface area contributed by atoms with E-state index in [0.717, 1.165) is 12.8 Å². The second-order valence-electron chi connectivity index (χ2n) is 5.24. The number of alkyl halides is 3. The van der Waals surface area contributed by atoms with Crippen LogP contribution in [-0.2, 0) is 9.59 Å². The Morgan fingerprint density at radius 1 is 1.12 bits per heavy atom. The van der Waals surface area contributed by atoms with Crippen molar-refractivity contribution in [2.24, 2.45) is 0 Å². The van der Waals surface area contributed by atoms with Gasteiger partial charge in [0.05, 0.1) is 5.69 Å². The topological polar surface area (TPSA) is 67.4 Å². The number of amides is 2. The van der Waals surface area contributed by atoms with E-state index in [1.807, 2.05) is 0 Å². The highest BCUT2D eigenvalue weighted by Gasteiger charge is 2.28. The second kappa shape index (κ2) is 9.79. The summed E-state index contributed by atoms with van der Waals surface area (Å²) in [6.45, 7) is 0.583. The maximum Gasteiger partial charge on any atom is 0.422 e. The number of nitrogens with one attached hydrogen (secondary N) is 2. The quantitative estimate of drug-likeness (QED) is 0.675. The zero-order chi connectivity index (χ0) is 18.0. The van der Waals surface area contributed by atoms with Gasteiger partial charge >= 0.3 is 6.18 Å². The van der Waals surface area contributed by atoms with Gasteiger partial charge in [0, 0.05) is 19.9 Å². The summed E-state index contributed by atoms with van der Waals surface area (Å²) >= 11 is 0. The molecule has 1 aromatic rings. The van der Waals surface area contributed by atoms with Gasteiger partial charge in [-0.05, 0) is 25.0 Å². The molecule has 0 aliphatic carbocycles. The van der Waals surface area contributed by atoms with E-state index in [0.29, 0.717) is 13.0 Å². The van der Waals surface area contributed by atoms with Gasteiger partial charge in [-0.1, -0.05) is 18.6 Å². The van der Waals surface area contributed by atoms with Crippen molar-refractivity contribution in [3.8, 4) is 5.75 Å². The average molecular weight is 346 g/mol. The van der Waals surface area contributed by atoms with Crippen molar-refractivity contribution in [2.75, 3.05) is 18.5 Å². The number of halogens is 3. The van der Waals surface area contributed by atoms with Crippen molar-refractivity contribution in [3.63, 3.8) is 0 Å². The molecule has 134 valence electrons. The number of carbonyl (C=O) groups excluding carboxylic acids is 2. The number of carbonyl (C=O) groups is 2. The number of para-hydroxylation sites is 2. The van der Waals surface area contributed by atoms with Gasteiger partial charge in [-0.15, -0.1) is 0 Å². The molecule has 8 heteroatoms. The van der Waals surface area contributed by atoms with Gasteiger partial charge in [-0.25, -0.2) is 0 Å². The highest BCUT2D eigenvalue weighted by atomic mass is 19.4. The third-order valence-corrected chi connectivity index (χ3v) is 3.01. The molecule has 0 aliphatic rings. The van der Waals surface area contributed by atoms with E-state index in [1.54, 1.807) is 6.07 Å². The summed E-state index contributed by atoms with van der Waals surface area (Å²) in [4.78, 5) is 22.5. The number of unbranched alkanes of at least 4 members (excludes halogenated alkanes) is 2. The Labute approximate surface area is 138 Å². The molecule has 0 aliphatic heterocycles. The molecule has 0 heterocycles. The number of rotatable bonds is 9. The van der Waals surface area contributed by atoms with E-state index >= 15 is 0 Å². The van der Waals surface area contributed by atoms with Crippen molar-refractivity contribution in [1.82, 2.24) is 5.32 Å². The molecule has 0 spiro atoms. The lowest BCUT2D eigenvalue weighted by Crippen LogP contribution is -2.21. The molecule has 5 nitrogen and oxygen atoms in total. The summed E-state index contributed by atoms with van der Waals surface area (Å²) < 4.78 is 41.3. The van der Waals surface area contributed by atoms with Gasteiger partial charge in [0.2, 0.25) is 11.8 Å². The number of ether oxygens (including phenoxy) is 1. The standard InChI is InChI=1S/C16H21F3N2O3/c1-12(22)20-10-6-2-3-9-15(23)21-13-7-4-5-8-14(13)24-11-16(17,18)19/h4-5,7-8H,2-3,6,9-11H2,1H3,(H,20,22)(H,21,23). The van der Waals surface area contributed by atoms with Crippen LogP contribution < -0.4 is 15.4 Å². The van der Waals surface area contributed by atoms with E-state index in [-0.39, 0.29) is 29.7 Å². The van der Waals surface area contributed by atoms with Crippen LogP contribution in [0.2, 0.25) is 0 Å². The van der Waals surface area contributed by atoms with Crippen molar-refractivity contribution in [2.45, 2.75) is 38.8 Å². The van der Waals surface area contributed by atoms with Crippen LogP contribution >= 0.6 is 0 Å². The van der Waals surface area contributed by atoms with Gasteiger partial charge in [-0.3, -0.25) is 9.59 Å². The first-order chi connectivity index (χ1) is 11.3. The van der Waals surface area contributed by atoms with Crippen LogP contribution in [-0.4, -0.2) is 31.1 Å². The number of benzene rings is 1. The van der Waals surface area contributed by atoms with Crippen molar-refractivity contribution in [3.05, 3.63) is 24.3 Å². The Hall–Kier alpha value is -2.25. The Morgan fingerprint density at radius 3 is 2.50 bits per heavy atom. The summed E-state index contributed by atoms with van der Waals surface area (Å²) in [5.74, 6) is -0.408. The molecule has 0 atom stereocenters. The molecule has 2 N–H and O–H groups in total. The summed E-state index contributed by atoms with van der Waals surface area (Å²) in [5.41, 5.74) is 0.213. The molecule has 1 rings (SSSR count). The van der Waals surface area contributed by atoms with Crippen LogP contribution in [0.4, 0.5) is 18.9 Å². The number of hydrogen-bond donors (Lipinski definition) is 2. The van der Waals surface area contributed by atoms with E-state index in [1.165, 1.54) is 25.1 Å². The van der Waals surface area contributed by atoms with Crippen LogP contribution in [0.3, 0.4) is 0 Å². The molecule has 0 saturated heterocycles. The molecular formula is C16H21F3N2O3. The van der Waals surface area contributed by atoms with E-state index in [9.17, 15) is 22.8 Å². The normalized spacial score (nSPS) is 11.0. The number of anilines is 1. The molecular weight excluding hydrogens is 325 g/mol. The molecule has 0 bridgehead atoms. The Morgan fingerprint density at radius 2 is 1.83 bits per heavy atom. The summed E-state index contributed by atoms with van der Waals surface area (Å²) in [6, 6.07) is 5.99. The molecule has 0 aromatic heterocycles. The van der Waals surface area contributed by atoms with Crippen molar-refractivity contribution < 1.29 is 27.5 Å². The summed E-state index contributed by atoms with van der Waals surface area (Å²) in [6.07, 6.45) is -2.05. The SMILES string of the molecule is CC(=O)NCCCCCC(=O)Nc1ccccc1OCC(F)(F)F. The molecule has 0 saturated carbocycles. The van der Waals surface area contributed by atoms with Crippen LogP contribution in [0.5, 0.6) is 5.75 Å². The highest BCUT2D eigenvalue weighted by molar-refractivity contribution is 5.92. The Kier molecular flexibility index (Phi) is 8.08. The van der Waals surface area contributed by atoms with Gasteiger partial charge in [0.15, 0.2) is 6.61 Å². The molecule has 2 amide bonds. The first kappa shape index (κ1) is 19.8. The van der Waals surface area contributed by atoms with Crippen molar-refractivity contribution >= 4 is 17.5 Å². The van der Waals surface area contributed by atoms with Crippen LogP contribution in [0.15, 0.2) is 24.3 Å². The molecule has 1 aromatic carbocycles. The lowest BCUT2D eigenvalue weighted by Gasteiger charge is -2.13. The third-order valence-electron chi connectivity index (χ3n) is 3.01. The maximum absolute atomic E-state index is 12.2. The summed E-state index contributed by atoms with van der Waals surface area (Å²) in [5, 5.41) is 5.21. The van der Waals surface area contributed by atoms with Crippen molar-refractivity contribution in [1.29, 1.82) is 0 Å². The summed E-state index contributed by atoms with van der Waals surface area (Å²) in [7, 11) is 0.